The molecule has 2 aromatic carbocycles. The van der Waals surface area contributed by atoms with Gasteiger partial charge in [0, 0.05) is 47.5 Å². The molecule has 4 aromatic heterocycles. The highest BCUT2D eigenvalue weighted by Gasteiger charge is 2.44. The first kappa shape index (κ1) is 28.0. The average Bonchev–Trinajstić information content (AvgIpc) is 3.84. The molecule has 1 aliphatic rings. The summed E-state index contributed by atoms with van der Waals surface area (Å²) in [7, 11) is 0. The third-order valence-electron chi connectivity index (χ3n) is 8.20. The standard InChI is InChI=1S/C35H26O4S4/c36-33(37)13-15-35(16-14-34(38)39)25-19-21(27-9-11-31(42-27)29-3-1-17-40-29)5-7-23(25)24-8-6-22(20-26(24)35)28-10-12-32(43-28)30-4-2-18-41-30/h1-12,17-20H,13-16H2,(H,36,37)(H,38,39). The van der Waals surface area contributed by atoms with E-state index in [0.717, 1.165) is 43.1 Å². The normalized spacial score (nSPS) is 13.1. The molecular weight excluding hydrogens is 613 g/mol. The van der Waals surface area contributed by atoms with Crippen molar-refractivity contribution in [1.82, 2.24) is 0 Å². The summed E-state index contributed by atoms with van der Waals surface area (Å²) >= 11 is 6.90. The van der Waals surface area contributed by atoms with E-state index in [-0.39, 0.29) is 12.8 Å². The molecule has 0 unspecified atom stereocenters. The van der Waals surface area contributed by atoms with Gasteiger partial charge in [0.1, 0.15) is 0 Å². The monoisotopic (exact) mass is 638 g/mol. The van der Waals surface area contributed by atoms with Gasteiger partial charge in [-0.05, 0) is 106 Å². The number of hydrogen-bond acceptors (Lipinski definition) is 6. The number of aliphatic carboxylic acids is 2. The van der Waals surface area contributed by atoms with Gasteiger partial charge in [0.05, 0.1) is 0 Å². The zero-order valence-corrected chi connectivity index (χ0v) is 26.2. The van der Waals surface area contributed by atoms with Gasteiger partial charge in [0.15, 0.2) is 0 Å². The van der Waals surface area contributed by atoms with Gasteiger partial charge < -0.3 is 10.2 Å². The lowest BCUT2D eigenvalue weighted by Crippen LogP contribution is -2.27. The number of thiophene rings is 4. The highest BCUT2D eigenvalue weighted by Crippen LogP contribution is 2.56. The van der Waals surface area contributed by atoms with Gasteiger partial charge in [0.25, 0.3) is 0 Å². The Morgan fingerprint density at radius 2 is 1.00 bits per heavy atom. The zero-order valence-electron chi connectivity index (χ0n) is 22.9. The summed E-state index contributed by atoms with van der Waals surface area (Å²) in [5, 5.41) is 23.8. The molecule has 0 aliphatic heterocycles. The Labute approximate surface area is 265 Å². The van der Waals surface area contributed by atoms with Crippen molar-refractivity contribution in [3.8, 4) is 51.5 Å². The van der Waals surface area contributed by atoms with Crippen molar-refractivity contribution in [3.63, 3.8) is 0 Å². The Bertz CT molecular complexity index is 1800. The molecular formula is C35H26O4S4. The molecule has 4 heterocycles. The van der Waals surface area contributed by atoms with Crippen molar-refractivity contribution in [2.24, 2.45) is 0 Å². The number of carbonyl (C=O) groups is 2. The second-order valence-corrected chi connectivity index (χ2v) is 14.7. The molecule has 0 radical (unpaired) electrons. The average molecular weight is 639 g/mol. The molecule has 8 heteroatoms. The lowest BCUT2D eigenvalue weighted by atomic mass is 9.70. The van der Waals surface area contributed by atoms with E-state index < -0.39 is 17.4 Å². The van der Waals surface area contributed by atoms with E-state index in [2.05, 4.69) is 95.7 Å². The van der Waals surface area contributed by atoms with E-state index in [0.29, 0.717) is 12.8 Å². The molecule has 0 atom stereocenters. The topological polar surface area (TPSA) is 74.6 Å². The summed E-state index contributed by atoms with van der Waals surface area (Å²) < 4.78 is 0. The van der Waals surface area contributed by atoms with E-state index in [9.17, 15) is 19.8 Å². The predicted octanol–water partition coefficient (Wildman–Crippen LogP) is 10.6. The van der Waals surface area contributed by atoms with Crippen molar-refractivity contribution < 1.29 is 19.8 Å². The number of carboxylic acids is 2. The third kappa shape index (κ3) is 5.18. The molecule has 0 amide bonds. The summed E-state index contributed by atoms with van der Waals surface area (Å²) in [5.41, 5.74) is 5.56. The summed E-state index contributed by atoms with van der Waals surface area (Å²) in [6, 6.07) is 29.8. The van der Waals surface area contributed by atoms with Gasteiger partial charge in [0.2, 0.25) is 0 Å². The molecule has 43 heavy (non-hydrogen) atoms. The van der Waals surface area contributed by atoms with Gasteiger partial charge in [-0.25, -0.2) is 0 Å². The molecule has 0 saturated heterocycles. The van der Waals surface area contributed by atoms with Crippen molar-refractivity contribution >= 4 is 57.3 Å². The minimum Gasteiger partial charge on any atom is -0.481 e. The Balaban J connectivity index is 1.36. The Hall–Kier alpha value is -3.82. The molecule has 7 rings (SSSR count). The third-order valence-corrected chi connectivity index (χ3v) is 12.6. The summed E-state index contributed by atoms with van der Waals surface area (Å²) in [6.45, 7) is 0. The van der Waals surface area contributed by atoms with Crippen molar-refractivity contribution in [1.29, 1.82) is 0 Å². The van der Waals surface area contributed by atoms with Crippen LogP contribution >= 0.6 is 45.3 Å². The van der Waals surface area contributed by atoms with Crippen LogP contribution in [0.4, 0.5) is 0 Å². The first-order valence-corrected chi connectivity index (χ1v) is 17.3. The highest BCUT2D eigenvalue weighted by atomic mass is 32.1. The number of rotatable bonds is 10. The molecule has 0 bridgehead atoms. The lowest BCUT2D eigenvalue weighted by Gasteiger charge is -2.32. The van der Waals surface area contributed by atoms with E-state index in [1.165, 1.54) is 19.5 Å². The maximum absolute atomic E-state index is 12.0. The SMILES string of the molecule is O=C(O)CCC1(CCC(=O)O)c2cc(-c3ccc(-c4cccs4)s3)ccc2-c2ccc(-c3ccc(-c4cccs4)s3)cc21. The fourth-order valence-electron chi connectivity index (χ4n) is 6.19. The second-order valence-electron chi connectivity index (χ2n) is 10.7. The highest BCUT2D eigenvalue weighted by molar-refractivity contribution is 7.23. The molecule has 2 N–H and O–H groups in total. The van der Waals surface area contributed by atoms with Crippen LogP contribution in [0.2, 0.25) is 0 Å². The molecule has 1 aliphatic carbocycles. The molecule has 4 nitrogen and oxygen atoms in total. The molecule has 0 saturated carbocycles. The number of fused-ring (bicyclic) bond motifs is 3. The minimum absolute atomic E-state index is 0.0456. The van der Waals surface area contributed by atoms with Crippen LogP contribution in [0.3, 0.4) is 0 Å². The van der Waals surface area contributed by atoms with Crippen LogP contribution in [-0.4, -0.2) is 22.2 Å². The van der Waals surface area contributed by atoms with E-state index in [4.69, 9.17) is 0 Å². The molecule has 214 valence electrons. The summed E-state index contributed by atoms with van der Waals surface area (Å²) in [4.78, 5) is 31.0. The maximum Gasteiger partial charge on any atom is 0.303 e. The van der Waals surface area contributed by atoms with Gasteiger partial charge in [-0.2, -0.15) is 0 Å². The van der Waals surface area contributed by atoms with Crippen LogP contribution < -0.4 is 0 Å². The quantitative estimate of drug-likeness (QED) is 0.157. The van der Waals surface area contributed by atoms with Gasteiger partial charge >= 0.3 is 11.9 Å². The zero-order chi connectivity index (χ0) is 29.6. The van der Waals surface area contributed by atoms with Gasteiger partial charge in [-0.15, -0.1) is 45.3 Å². The van der Waals surface area contributed by atoms with E-state index in [1.54, 1.807) is 45.3 Å². The molecule has 0 spiro atoms. The summed E-state index contributed by atoms with van der Waals surface area (Å²) in [6.07, 6.45) is 0.572. The van der Waals surface area contributed by atoms with Gasteiger partial charge in [-0.3, -0.25) is 9.59 Å². The Morgan fingerprint density at radius 1 is 0.558 bits per heavy atom. The smallest absolute Gasteiger partial charge is 0.303 e. The Kier molecular flexibility index (Phi) is 7.39. The largest absolute Gasteiger partial charge is 0.481 e. The van der Waals surface area contributed by atoms with Crippen LogP contribution in [0.1, 0.15) is 36.8 Å². The van der Waals surface area contributed by atoms with Gasteiger partial charge in [-0.1, -0.05) is 36.4 Å². The van der Waals surface area contributed by atoms with E-state index in [1.807, 2.05) is 0 Å². The second kappa shape index (κ2) is 11.4. The van der Waals surface area contributed by atoms with Crippen molar-refractivity contribution in [3.05, 3.63) is 107 Å². The summed E-state index contributed by atoms with van der Waals surface area (Å²) in [5.74, 6) is -1.76. The first-order chi connectivity index (χ1) is 20.9. The van der Waals surface area contributed by atoms with Crippen LogP contribution in [-0.2, 0) is 15.0 Å². The number of carboxylic acid groups (broad SMARTS) is 2. The predicted molar refractivity (Wildman–Crippen MR) is 180 cm³/mol. The van der Waals surface area contributed by atoms with Crippen LogP contribution in [0.5, 0.6) is 0 Å². The van der Waals surface area contributed by atoms with E-state index >= 15 is 0 Å². The number of benzene rings is 2. The molecule has 6 aromatic rings. The van der Waals surface area contributed by atoms with Crippen molar-refractivity contribution in [2.45, 2.75) is 31.1 Å². The fraction of sp³-hybridized carbons (Fsp3) is 0.143. The number of hydrogen-bond donors (Lipinski definition) is 2. The minimum atomic E-state index is -0.880. The van der Waals surface area contributed by atoms with Crippen LogP contribution in [0, 0.1) is 0 Å². The van der Waals surface area contributed by atoms with Crippen LogP contribution in [0.15, 0.2) is 95.7 Å². The Morgan fingerprint density at radius 3 is 1.40 bits per heavy atom. The fourth-order valence-corrected chi connectivity index (χ4v) is 9.87. The maximum atomic E-state index is 12.0. The van der Waals surface area contributed by atoms with Crippen LogP contribution in [0.25, 0.3) is 51.5 Å². The lowest BCUT2D eigenvalue weighted by molar-refractivity contribution is -0.137. The molecule has 0 fully saturated rings. The first-order valence-electron chi connectivity index (χ1n) is 13.9. The van der Waals surface area contributed by atoms with Crippen molar-refractivity contribution in [2.75, 3.05) is 0 Å².